The first-order chi connectivity index (χ1) is 11.3. The summed E-state index contributed by atoms with van der Waals surface area (Å²) in [4.78, 5) is 18.5. The zero-order valence-electron chi connectivity index (χ0n) is 14.0. The molecule has 3 rings (SSSR count). The van der Waals surface area contributed by atoms with Gasteiger partial charge in [-0.1, -0.05) is 0 Å². The number of carbonyl (C=O) groups is 1. The maximum atomic E-state index is 12.4. The van der Waals surface area contributed by atoms with Crippen LogP contribution >= 0.6 is 11.8 Å². The van der Waals surface area contributed by atoms with Crippen LogP contribution in [0.1, 0.15) is 36.5 Å². The van der Waals surface area contributed by atoms with E-state index in [0.717, 1.165) is 43.9 Å². The van der Waals surface area contributed by atoms with Crippen molar-refractivity contribution >= 4 is 23.4 Å². The predicted molar refractivity (Wildman–Crippen MR) is 97.7 cm³/mol. The van der Waals surface area contributed by atoms with E-state index >= 15 is 0 Å². The zero-order valence-corrected chi connectivity index (χ0v) is 14.8. The number of hydrogen-bond acceptors (Lipinski definition) is 4. The van der Waals surface area contributed by atoms with E-state index in [4.69, 9.17) is 0 Å². The van der Waals surface area contributed by atoms with Crippen LogP contribution < -0.4 is 10.2 Å². The van der Waals surface area contributed by atoms with Gasteiger partial charge in [-0.15, -0.1) is 11.8 Å². The van der Waals surface area contributed by atoms with Gasteiger partial charge in [0.2, 0.25) is 0 Å². The highest BCUT2D eigenvalue weighted by Gasteiger charge is 2.18. The number of nitrogens with one attached hydrogen (secondary N) is 1. The Morgan fingerprint density at radius 3 is 2.87 bits per heavy atom. The minimum absolute atomic E-state index is 0.0563. The molecule has 1 fully saturated rings. The number of benzene rings is 1. The lowest BCUT2D eigenvalue weighted by molar-refractivity contribution is 0.0952. The average Bonchev–Trinajstić information content (AvgIpc) is 3.11. The Hall–Kier alpha value is -1.20. The second kappa shape index (κ2) is 8.06. The Morgan fingerprint density at radius 1 is 1.26 bits per heavy atom. The van der Waals surface area contributed by atoms with Crippen molar-refractivity contribution in [3.8, 4) is 0 Å². The standard InChI is InChI=1S/C18H27N3OS/c1-2-21-12-13-23-17-7-6-15(14-16(17)21)18(22)19-8-5-11-20-9-3-4-10-20/h6-7,14H,2-5,8-13H2,1H3,(H,19,22). The normalized spacial score (nSPS) is 18.0. The molecule has 2 heterocycles. The van der Waals surface area contributed by atoms with Crippen LogP contribution in [0.5, 0.6) is 0 Å². The summed E-state index contributed by atoms with van der Waals surface area (Å²) in [5.41, 5.74) is 2.00. The van der Waals surface area contributed by atoms with Crippen molar-refractivity contribution in [2.75, 3.05) is 49.9 Å². The fraction of sp³-hybridized carbons (Fsp3) is 0.611. The van der Waals surface area contributed by atoms with Crippen molar-refractivity contribution in [2.24, 2.45) is 0 Å². The van der Waals surface area contributed by atoms with Crippen LogP contribution in [-0.2, 0) is 0 Å². The molecule has 2 aliphatic rings. The van der Waals surface area contributed by atoms with Crippen LogP contribution in [-0.4, -0.2) is 55.8 Å². The Kier molecular flexibility index (Phi) is 5.84. The van der Waals surface area contributed by atoms with Crippen molar-refractivity contribution in [3.63, 3.8) is 0 Å². The quantitative estimate of drug-likeness (QED) is 0.812. The van der Waals surface area contributed by atoms with E-state index in [9.17, 15) is 4.79 Å². The van der Waals surface area contributed by atoms with Gasteiger partial charge < -0.3 is 15.1 Å². The second-order valence-corrected chi connectivity index (χ2v) is 7.41. The third-order valence-electron chi connectivity index (χ3n) is 4.70. The smallest absolute Gasteiger partial charge is 0.251 e. The fourth-order valence-electron chi connectivity index (χ4n) is 3.36. The molecule has 0 unspecified atom stereocenters. The van der Waals surface area contributed by atoms with Crippen molar-refractivity contribution < 1.29 is 4.79 Å². The molecular weight excluding hydrogens is 306 g/mol. The Bertz CT molecular complexity index is 543. The van der Waals surface area contributed by atoms with Gasteiger partial charge in [0.15, 0.2) is 0 Å². The Balaban J connectivity index is 1.52. The second-order valence-electron chi connectivity index (χ2n) is 6.27. The molecule has 1 aromatic carbocycles. The fourth-order valence-corrected chi connectivity index (χ4v) is 4.39. The monoisotopic (exact) mass is 333 g/mol. The number of nitrogens with zero attached hydrogens (tertiary/aromatic N) is 2. The molecule has 1 amide bonds. The molecule has 1 N–H and O–H groups in total. The average molecular weight is 334 g/mol. The number of likely N-dealkylation sites (tertiary alicyclic amines) is 1. The minimum Gasteiger partial charge on any atom is -0.370 e. The number of hydrogen-bond donors (Lipinski definition) is 1. The molecule has 126 valence electrons. The first-order valence-corrected chi connectivity index (χ1v) is 9.79. The first kappa shape index (κ1) is 16.7. The SMILES string of the molecule is CCN1CCSc2ccc(C(=O)NCCCN3CCCC3)cc21. The Morgan fingerprint density at radius 2 is 2.09 bits per heavy atom. The lowest BCUT2D eigenvalue weighted by Crippen LogP contribution is -2.30. The summed E-state index contributed by atoms with van der Waals surface area (Å²) in [5.74, 6) is 1.18. The van der Waals surface area contributed by atoms with Crippen molar-refractivity contribution in [1.29, 1.82) is 0 Å². The van der Waals surface area contributed by atoms with Gasteiger partial charge in [-0.3, -0.25) is 4.79 Å². The van der Waals surface area contributed by atoms with Gasteiger partial charge in [0, 0.05) is 35.8 Å². The Labute approximate surface area is 143 Å². The van der Waals surface area contributed by atoms with Gasteiger partial charge >= 0.3 is 0 Å². The van der Waals surface area contributed by atoms with Crippen molar-refractivity contribution in [1.82, 2.24) is 10.2 Å². The van der Waals surface area contributed by atoms with Gasteiger partial charge in [0.25, 0.3) is 5.91 Å². The lowest BCUT2D eigenvalue weighted by atomic mass is 10.1. The van der Waals surface area contributed by atoms with Crippen LogP contribution in [0.25, 0.3) is 0 Å². The summed E-state index contributed by atoms with van der Waals surface area (Å²) >= 11 is 1.88. The van der Waals surface area contributed by atoms with E-state index < -0.39 is 0 Å². The molecule has 1 aromatic rings. The summed E-state index contributed by atoms with van der Waals surface area (Å²) in [7, 11) is 0. The predicted octanol–water partition coefficient (Wildman–Crippen LogP) is 2.83. The molecule has 2 aliphatic heterocycles. The third-order valence-corrected chi connectivity index (χ3v) is 5.74. The number of thioether (sulfide) groups is 1. The maximum absolute atomic E-state index is 12.4. The van der Waals surface area contributed by atoms with E-state index in [0.29, 0.717) is 0 Å². The summed E-state index contributed by atoms with van der Waals surface area (Å²) in [6.07, 6.45) is 3.69. The molecule has 4 nitrogen and oxygen atoms in total. The zero-order chi connectivity index (χ0) is 16.1. The first-order valence-electron chi connectivity index (χ1n) is 8.80. The highest BCUT2D eigenvalue weighted by Crippen LogP contribution is 2.35. The number of anilines is 1. The summed E-state index contributed by atoms with van der Waals surface area (Å²) in [6.45, 7) is 8.55. The molecule has 23 heavy (non-hydrogen) atoms. The maximum Gasteiger partial charge on any atom is 0.251 e. The van der Waals surface area contributed by atoms with Gasteiger partial charge in [-0.25, -0.2) is 0 Å². The van der Waals surface area contributed by atoms with Crippen LogP contribution in [0.4, 0.5) is 5.69 Å². The highest BCUT2D eigenvalue weighted by atomic mass is 32.2. The molecule has 5 heteroatoms. The molecule has 0 aliphatic carbocycles. The highest BCUT2D eigenvalue weighted by molar-refractivity contribution is 7.99. The molecular formula is C18H27N3OS. The number of amides is 1. The van der Waals surface area contributed by atoms with E-state index in [2.05, 4.69) is 34.2 Å². The van der Waals surface area contributed by atoms with Crippen LogP contribution in [0.3, 0.4) is 0 Å². The topological polar surface area (TPSA) is 35.6 Å². The van der Waals surface area contributed by atoms with Crippen LogP contribution in [0.2, 0.25) is 0 Å². The molecule has 0 radical (unpaired) electrons. The number of fused-ring (bicyclic) bond motifs is 1. The molecule has 0 spiro atoms. The van der Waals surface area contributed by atoms with Gasteiger partial charge in [0.05, 0.1) is 5.69 Å². The molecule has 0 saturated carbocycles. The van der Waals surface area contributed by atoms with Gasteiger partial charge in [-0.05, 0) is 64.0 Å². The van der Waals surface area contributed by atoms with E-state index in [1.165, 1.54) is 36.5 Å². The molecule has 1 saturated heterocycles. The number of rotatable bonds is 6. The summed E-state index contributed by atoms with van der Waals surface area (Å²) in [6, 6.07) is 6.11. The third kappa shape index (κ3) is 4.21. The number of carbonyl (C=O) groups excluding carboxylic acids is 1. The van der Waals surface area contributed by atoms with Crippen molar-refractivity contribution in [2.45, 2.75) is 31.1 Å². The molecule has 0 atom stereocenters. The summed E-state index contributed by atoms with van der Waals surface area (Å²) in [5, 5.41) is 3.07. The van der Waals surface area contributed by atoms with Crippen LogP contribution in [0, 0.1) is 0 Å². The van der Waals surface area contributed by atoms with Crippen molar-refractivity contribution in [3.05, 3.63) is 23.8 Å². The van der Waals surface area contributed by atoms with Gasteiger partial charge in [-0.2, -0.15) is 0 Å². The lowest BCUT2D eigenvalue weighted by Gasteiger charge is -2.30. The minimum atomic E-state index is 0.0563. The van der Waals surface area contributed by atoms with Crippen LogP contribution in [0.15, 0.2) is 23.1 Å². The van der Waals surface area contributed by atoms with Gasteiger partial charge in [0.1, 0.15) is 0 Å². The van der Waals surface area contributed by atoms with E-state index in [1.807, 2.05) is 17.8 Å². The molecule has 0 aromatic heterocycles. The molecule has 0 bridgehead atoms. The van der Waals surface area contributed by atoms with E-state index in [-0.39, 0.29) is 5.91 Å². The van der Waals surface area contributed by atoms with E-state index in [1.54, 1.807) is 0 Å². The summed E-state index contributed by atoms with van der Waals surface area (Å²) < 4.78 is 0. The largest absolute Gasteiger partial charge is 0.370 e.